The highest BCUT2D eigenvalue weighted by Crippen LogP contribution is 2.18. The molecule has 0 saturated carbocycles. The molecule has 0 saturated heterocycles. The zero-order chi connectivity index (χ0) is 19.1. The van der Waals surface area contributed by atoms with Crippen LogP contribution in [0.25, 0.3) is 5.52 Å². The number of hydrogen-bond acceptors (Lipinski definition) is 4. The molecule has 2 N–H and O–H groups in total. The standard InChI is InChI=1S/C20H18N4O3/c21-10-17-16(13-24-9-5-4-8-18(17)24)14-27-19(25)12-23-20(26)22-11-15-6-2-1-3-7-15/h1-9,13H,11-12,14H2,(H2,22,23,26). The van der Waals surface area contributed by atoms with Crippen LogP contribution in [-0.2, 0) is 22.7 Å². The van der Waals surface area contributed by atoms with Crippen molar-refractivity contribution in [1.29, 1.82) is 5.26 Å². The number of carbonyl (C=O) groups excluding carboxylic acids is 2. The van der Waals surface area contributed by atoms with E-state index in [2.05, 4.69) is 16.7 Å². The van der Waals surface area contributed by atoms with Crippen LogP contribution in [0.3, 0.4) is 0 Å². The third-order valence-electron chi connectivity index (χ3n) is 3.95. The number of carbonyl (C=O) groups is 2. The smallest absolute Gasteiger partial charge is 0.325 e. The lowest BCUT2D eigenvalue weighted by atomic mass is 10.2. The Kier molecular flexibility index (Phi) is 5.70. The summed E-state index contributed by atoms with van der Waals surface area (Å²) in [6.07, 6.45) is 3.57. The topological polar surface area (TPSA) is 95.6 Å². The van der Waals surface area contributed by atoms with Crippen molar-refractivity contribution in [3.05, 3.63) is 77.6 Å². The largest absolute Gasteiger partial charge is 0.459 e. The van der Waals surface area contributed by atoms with Crippen molar-refractivity contribution in [1.82, 2.24) is 15.0 Å². The third kappa shape index (κ3) is 4.64. The molecule has 1 aromatic carbocycles. The van der Waals surface area contributed by atoms with Gasteiger partial charge in [-0.1, -0.05) is 36.4 Å². The highest BCUT2D eigenvalue weighted by atomic mass is 16.5. The number of hydrogen-bond donors (Lipinski definition) is 2. The first-order valence-electron chi connectivity index (χ1n) is 8.37. The summed E-state index contributed by atoms with van der Waals surface area (Å²) in [4.78, 5) is 23.6. The van der Waals surface area contributed by atoms with Gasteiger partial charge in [0.25, 0.3) is 0 Å². The molecule has 0 radical (unpaired) electrons. The maximum absolute atomic E-state index is 11.9. The number of ether oxygens (including phenoxy) is 1. The Labute approximate surface area is 156 Å². The van der Waals surface area contributed by atoms with Gasteiger partial charge in [0.15, 0.2) is 0 Å². The minimum atomic E-state index is -0.580. The van der Waals surface area contributed by atoms with Gasteiger partial charge in [-0.25, -0.2) is 4.79 Å². The summed E-state index contributed by atoms with van der Waals surface area (Å²) in [7, 11) is 0. The van der Waals surface area contributed by atoms with E-state index in [0.29, 0.717) is 17.7 Å². The van der Waals surface area contributed by atoms with Gasteiger partial charge < -0.3 is 19.8 Å². The summed E-state index contributed by atoms with van der Waals surface area (Å²) >= 11 is 0. The molecule has 3 aromatic rings. The summed E-state index contributed by atoms with van der Waals surface area (Å²) in [5, 5.41) is 14.4. The Hall–Kier alpha value is -3.79. The van der Waals surface area contributed by atoms with E-state index < -0.39 is 12.0 Å². The third-order valence-corrected chi connectivity index (χ3v) is 3.95. The molecule has 27 heavy (non-hydrogen) atoms. The average molecular weight is 362 g/mol. The van der Waals surface area contributed by atoms with E-state index in [-0.39, 0.29) is 13.2 Å². The number of pyridine rings is 1. The highest BCUT2D eigenvalue weighted by molar-refractivity contribution is 5.80. The Morgan fingerprint density at radius 2 is 1.85 bits per heavy atom. The number of nitrogens with one attached hydrogen (secondary N) is 2. The fraction of sp³-hybridized carbons (Fsp3) is 0.150. The van der Waals surface area contributed by atoms with Crippen molar-refractivity contribution in [2.75, 3.05) is 6.54 Å². The molecule has 0 aliphatic heterocycles. The Balaban J connectivity index is 1.46. The van der Waals surface area contributed by atoms with Gasteiger partial charge in [0.05, 0.1) is 11.1 Å². The molecule has 7 heteroatoms. The highest BCUT2D eigenvalue weighted by Gasteiger charge is 2.12. The maximum Gasteiger partial charge on any atom is 0.325 e. The van der Waals surface area contributed by atoms with Crippen molar-refractivity contribution in [3.8, 4) is 6.07 Å². The molecule has 0 bridgehead atoms. The van der Waals surface area contributed by atoms with Gasteiger partial charge in [-0.15, -0.1) is 0 Å². The van der Waals surface area contributed by atoms with Crippen LogP contribution >= 0.6 is 0 Å². The molecule has 0 unspecified atom stereocenters. The number of esters is 1. The van der Waals surface area contributed by atoms with Crippen molar-refractivity contribution in [2.24, 2.45) is 0 Å². The molecule has 3 rings (SSSR count). The van der Waals surface area contributed by atoms with Crippen LogP contribution in [0.15, 0.2) is 60.9 Å². The van der Waals surface area contributed by atoms with Gasteiger partial charge in [0.1, 0.15) is 19.2 Å². The fourth-order valence-corrected chi connectivity index (χ4v) is 2.62. The quantitative estimate of drug-likeness (QED) is 0.658. The fourth-order valence-electron chi connectivity index (χ4n) is 2.62. The second kappa shape index (κ2) is 8.54. The summed E-state index contributed by atoms with van der Waals surface area (Å²) in [5.74, 6) is -0.580. The van der Waals surface area contributed by atoms with E-state index in [0.717, 1.165) is 11.1 Å². The minimum Gasteiger partial charge on any atom is -0.459 e. The average Bonchev–Trinajstić information content (AvgIpc) is 3.07. The number of amides is 2. The van der Waals surface area contributed by atoms with Crippen molar-refractivity contribution < 1.29 is 14.3 Å². The Morgan fingerprint density at radius 1 is 1.07 bits per heavy atom. The van der Waals surface area contributed by atoms with Crippen molar-refractivity contribution in [3.63, 3.8) is 0 Å². The van der Waals surface area contributed by atoms with Crippen LogP contribution in [0.1, 0.15) is 16.7 Å². The van der Waals surface area contributed by atoms with Crippen molar-refractivity contribution in [2.45, 2.75) is 13.2 Å². The lowest BCUT2D eigenvalue weighted by Crippen LogP contribution is -2.38. The monoisotopic (exact) mass is 362 g/mol. The number of nitriles is 1. The van der Waals surface area contributed by atoms with E-state index in [9.17, 15) is 14.9 Å². The normalized spacial score (nSPS) is 10.2. The molecule has 0 aliphatic carbocycles. The van der Waals surface area contributed by atoms with E-state index in [1.807, 2.05) is 54.7 Å². The number of nitrogens with zero attached hydrogens (tertiary/aromatic N) is 2. The van der Waals surface area contributed by atoms with Gasteiger partial charge in [-0.05, 0) is 17.7 Å². The van der Waals surface area contributed by atoms with Gasteiger partial charge in [-0.2, -0.15) is 5.26 Å². The first-order valence-corrected chi connectivity index (χ1v) is 8.37. The molecule has 0 fully saturated rings. The Morgan fingerprint density at radius 3 is 2.63 bits per heavy atom. The molecule has 2 heterocycles. The molecular weight excluding hydrogens is 344 g/mol. The summed E-state index contributed by atoms with van der Waals surface area (Å²) in [6.45, 7) is 0.0805. The van der Waals surface area contributed by atoms with E-state index in [4.69, 9.17) is 4.74 Å². The summed E-state index contributed by atoms with van der Waals surface area (Å²) < 4.78 is 6.97. The van der Waals surface area contributed by atoms with Gasteiger partial charge in [0.2, 0.25) is 0 Å². The predicted octanol–water partition coefficient (Wildman–Crippen LogP) is 2.35. The number of benzene rings is 1. The lowest BCUT2D eigenvalue weighted by molar-refractivity contribution is -0.143. The molecule has 0 atom stereocenters. The first kappa shape index (κ1) is 18.0. The molecule has 2 aromatic heterocycles. The van der Waals surface area contributed by atoms with Crippen molar-refractivity contribution >= 4 is 17.5 Å². The van der Waals surface area contributed by atoms with Crippen LogP contribution < -0.4 is 10.6 Å². The molecular formula is C20H18N4O3. The zero-order valence-electron chi connectivity index (χ0n) is 14.5. The van der Waals surface area contributed by atoms with Crippen LogP contribution in [0.5, 0.6) is 0 Å². The molecule has 2 amide bonds. The summed E-state index contributed by atoms with van der Waals surface area (Å²) in [6, 6.07) is 16.6. The number of aromatic nitrogens is 1. The van der Waals surface area contributed by atoms with Gasteiger partial charge in [-0.3, -0.25) is 4.79 Å². The van der Waals surface area contributed by atoms with E-state index >= 15 is 0 Å². The molecule has 136 valence electrons. The SMILES string of the molecule is N#Cc1c(COC(=O)CNC(=O)NCc2ccccc2)cn2ccccc12. The summed E-state index contributed by atoms with van der Waals surface area (Å²) in [5.41, 5.74) is 2.80. The molecule has 0 aliphatic rings. The maximum atomic E-state index is 11.9. The molecule has 0 spiro atoms. The van der Waals surface area contributed by atoms with Crippen LogP contribution in [-0.4, -0.2) is 22.9 Å². The number of rotatable bonds is 6. The Bertz CT molecular complexity index is 989. The second-order valence-electron chi connectivity index (χ2n) is 5.82. The van der Waals surface area contributed by atoms with Crippen LogP contribution in [0.2, 0.25) is 0 Å². The second-order valence-corrected chi connectivity index (χ2v) is 5.82. The predicted molar refractivity (Wildman–Crippen MR) is 98.6 cm³/mol. The number of urea groups is 1. The van der Waals surface area contributed by atoms with Gasteiger partial charge >= 0.3 is 12.0 Å². The lowest BCUT2D eigenvalue weighted by Gasteiger charge is -2.08. The van der Waals surface area contributed by atoms with Crippen LogP contribution in [0, 0.1) is 11.3 Å². The van der Waals surface area contributed by atoms with Gasteiger partial charge in [0, 0.05) is 24.5 Å². The molecule has 7 nitrogen and oxygen atoms in total. The number of fused-ring (bicyclic) bond motifs is 1. The minimum absolute atomic E-state index is 0.0310. The van der Waals surface area contributed by atoms with E-state index in [1.165, 1.54) is 0 Å². The van der Waals surface area contributed by atoms with E-state index in [1.54, 1.807) is 10.6 Å². The zero-order valence-corrected chi connectivity index (χ0v) is 14.5. The first-order chi connectivity index (χ1) is 13.2. The van der Waals surface area contributed by atoms with Crippen LogP contribution in [0.4, 0.5) is 4.79 Å².